The Bertz CT molecular complexity index is 1170. The molecule has 32 heavy (non-hydrogen) atoms. The number of carbonyl (C=O) groups is 1. The van der Waals surface area contributed by atoms with Crippen molar-refractivity contribution in [3.8, 4) is 16.9 Å². The maximum atomic E-state index is 12.8. The van der Waals surface area contributed by atoms with Crippen molar-refractivity contribution >= 4 is 5.91 Å². The normalized spacial score (nSPS) is 12.8. The molecule has 0 fully saturated rings. The van der Waals surface area contributed by atoms with Gasteiger partial charge in [-0.15, -0.1) is 0 Å². The number of rotatable bonds is 6. The van der Waals surface area contributed by atoms with Crippen molar-refractivity contribution < 1.29 is 31.9 Å². The number of aryl methyl sites for hydroxylation is 1. The highest BCUT2D eigenvalue weighted by atomic mass is 19.4. The second-order valence-corrected chi connectivity index (χ2v) is 6.72. The molecule has 0 unspecified atom stereocenters. The number of hydrogen-bond acceptors (Lipinski definition) is 5. The second kappa shape index (κ2) is 8.86. The maximum absolute atomic E-state index is 12.8. The largest absolute Gasteiger partial charge is 0.416 e. The Morgan fingerprint density at radius 1 is 1.22 bits per heavy atom. The van der Waals surface area contributed by atoms with E-state index in [1.165, 1.54) is 17.1 Å². The lowest BCUT2D eigenvalue weighted by Gasteiger charge is -2.13. The second-order valence-electron chi connectivity index (χ2n) is 6.72. The number of aliphatic hydroxyl groups excluding tert-OH is 1. The summed E-state index contributed by atoms with van der Waals surface area (Å²) in [5.41, 5.74) is -2.04. The van der Waals surface area contributed by atoms with Crippen LogP contribution in [0.15, 0.2) is 47.5 Å². The van der Waals surface area contributed by atoms with E-state index < -0.39 is 47.8 Å². The summed E-state index contributed by atoms with van der Waals surface area (Å²) in [6.07, 6.45) is -7.13. The molecule has 1 atom stereocenters. The average molecular weight is 457 g/mol. The van der Waals surface area contributed by atoms with Crippen LogP contribution in [-0.4, -0.2) is 49.6 Å². The number of aromatic nitrogens is 4. The zero-order valence-electron chi connectivity index (χ0n) is 16.3. The van der Waals surface area contributed by atoms with Gasteiger partial charge in [-0.3, -0.25) is 14.3 Å². The number of halogens is 5. The van der Waals surface area contributed by atoms with Crippen LogP contribution in [0.1, 0.15) is 15.9 Å². The van der Waals surface area contributed by atoms with Crippen molar-refractivity contribution in [1.29, 1.82) is 0 Å². The van der Waals surface area contributed by atoms with Gasteiger partial charge in [0.15, 0.2) is 0 Å². The number of benzene rings is 1. The predicted molar refractivity (Wildman–Crippen MR) is 101 cm³/mol. The lowest BCUT2D eigenvalue weighted by Crippen LogP contribution is -2.39. The van der Waals surface area contributed by atoms with Gasteiger partial charge in [-0.25, -0.2) is 8.78 Å². The molecule has 0 saturated heterocycles. The topological polar surface area (TPSA) is 102 Å². The van der Waals surface area contributed by atoms with Gasteiger partial charge >= 0.3 is 6.18 Å². The highest BCUT2D eigenvalue weighted by Gasteiger charge is 2.30. The Kier molecular flexibility index (Phi) is 6.39. The minimum atomic E-state index is -4.56. The van der Waals surface area contributed by atoms with Crippen LogP contribution >= 0.6 is 0 Å². The van der Waals surface area contributed by atoms with Crippen LogP contribution in [0, 0.1) is 0 Å². The number of alkyl halides is 5. The molecule has 1 amide bonds. The number of aliphatic hydroxyl groups is 1. The molecule has 0 aliphatic carbocycles. The van der Waals surface area contributed by atoms with Gasteiger partial charge in [0.05, 0.1) is 23.7 Å². The molecule has 3 aromatic rings. The van der Waals surface area contributed by atoms with Crippen LogP contribution in [0.4, 0.5) is 22.0 Å². The van der Waals surface area contributed by atoms with Crippen molar-refractivity contribution in [1.82, 2.24) is 24.9 Å². The molecule has 0 aliphatic rings. The first kappa shape index (κ1) is 23.1. The van der Waals surface area contributed by atoms with Crippen molar-refractivity contribution in [2.24, 2.45) is 7.05 Å². The van der Waals surface area contributed by atoms with Crippen molar-refractivity contribution in [3.63, 3.8) is 0 Å². The van der Waals surface area contributed by atoms with Crippen LogP contribution in [0.25, 0.3) is 16.9 Å². The Labute approximate surface area is 176 Å². The lowest BCUT2D eigenvalue weighted by atomic mass is 10.1. The summed E-state index contributed by atoms with van der Waals surface area (Å²) >= 11 is 0. The van der Waals surface area contributed by atoms with E-state index in [0.29, 0.717) is 0 Å². The molecule has 0 aliphatic heterocycles. The molecule has 2 aromatic heterocycles. The quantitative estimate of drug-likeness (QED) is 0.552. The number of nitrogens with zero attached hydrogens (tertiary/aromatic N) is 4. The zero-order valence-corrected chi connectivity index (χ0v) is 16.3. The minimum Gasteiger partial charge on any atom is -0.385 e. The van der Waals surface area contributed by atoms with Crippen LogP contribution in [-0.2, 0) is 13.2 Å². The molecule has 13 heteroatoms. The first-order chi connectivity index (χ1) is 15.0. The van der Waals surface area contributed by atoms with Crippen LogP contribution in [0.3, 0.4) is 0 Å². The van der Waals surface area contributed by atoms with Gasteiger partial charge in [-0.2, -0.15) is 28.1 Å². The highest BCUT2D eigenvalue weighted by molar-refractivity contribution is 5.94. The summed E-state index contributed by atoms with van der Waals surface area (Å²) in [7, 11) is 1.56. The molecule has 2 N–H and O–H groups in total. The SMILES string of the molecule is Cn1cc(-n2nc(-c3ccc(C(F)(F)F)cc3)cc(C(=O)NC[C@H](O)C(F)F)c2=O)cn1. The summed E-state index contributed by atoms with van der Waals surface area (Å²) in [4.78, 5) is 25.3. The van der Waals surface area contributed by atoms with Gasteiger partial charge in [0.2, 0.25) is 0 Å². The molecule has 0 saturated carbocycles. The van der Waals surface area contributed by atoms with Crippen molar-refractivity contribution in [2.75, 3.05) is 6.54 Å². The Hall–Kier alpha value is -3.61. The van der Waals surface area contributed by atoms with E-state index in [9.17, 15) is 36.6 Å². The molecule has 0 radical (unpaired) electrons. The van der Waals surface area contributed by atoms with E-state index in [2.05, 4.69) is 10.2 Å². The molecular weight excluding hydrogens is 441 g/mol. The van der Waals surface area contributed by atoms with E-state index in [1.54, 1.807) is 7.05 Å². The standard InChI is InChI=1S/C19H16F5N5O3/c1-28-9-12(7-26-28)29-18(32)13(17(31)25-8-15(30)16(20)21)6-14(27-29)10-2-4-11(5-3-10)19(22,23)24/h2-7,9,15-16,30H,8H2,1H3,(H,25,31)/t15-/m0/s1. The fourth-order valence-electron chi connectivity index (χ4n) is 2.70. The van der Waals surface area contributed by atoms with Crippen LogP contribution < -0.4 is 10.9 Å². The molecule has 2 heterocycles. The van der Waals surface area contributed by atoms with Gasteiger partial charge < -0.3 is 10.4 Å². The molecule has 8 nitrogen and oxygen atoms in total. The Balaban J connectivity index is 2.07. The maximum Gasteiger partial charge on any atom is 0.416 e. The zero-order chi connectivity index (χ0) is 23.6. The minimum absolute atomic E-state index is 0.0262. The summed E-state index contributed by atoms with van der Waals surface area (Å²) in [6, 6.07) is 4.89. The Morgan fingerprint density at radius 2 is 1.88 bits per heavy atom. The Morgan fingerprint density at radius 3 is 2.41 bits per heavy atom. The molecular formula is C19H16F5N5O3. The van der Waals surface area contributed by atoms with Gasteiger partial charge in [0, 0.05) is 19.2 Å². The van der Waals surface area contributed by atoms with E-state index in [4.69, 9.17) is 0 Å². The fraction of sp³-hybridized carbons (Fsp3) is 0.263. The first-order valence-corrected chi connectivity index (χ1v) is 9.03. The predicted octanol–water partition coefficient (Wildman–Crippen LogP) is 2.01. The van der Waals surface area contributed by atoms with E-state index in [1.807, 2.05) is 5.32 Å². The van der Waals surface area contributed by atoms with Crippen LogP contribution in [0.5, 0.6) is 0 Å². The third-order valence-electron chi connectivity index (χ3n) is 4.36. The van der Waals surface area contributed by atoms with Crippen molar-refractivity contribution in [3.05, 3.63) is 64.2 Å². The summed E-state index contributed by atoms with van der Waals surface area (Å²) in [6.45, 7) is -0.819. The summed E-state index contributed by atoms with van der Waals surface area (Å²) in [5, 5.41) is 19.2. The fourth-order valence-corrected chi connectivity index (χ4v) is 2.70. The number of carbonyl (C=O) groups excluding carboxylic acids is 1. The van der Waals surface area contributed by atoms with E-state index in [-0.39, 0.29) is 16.9 Å². The van der Waals surface area contributed by atoms with E-state index >= 15 is 0 Å². The number of hydrogen-bond donors (Lipinski definition) is 2. The van der Waals surface area contributed by atoms with Crippen molar-refractivity contribution in [2.45, 2.75) is 18.7 Å². The lowest BCUT2D eigenvalue weighted by molar-refractivity contribution is -0.137. The third-order valence-corrected chi connectivity index (χ3v) is 4.36. The molecule has 0 spiro atoms. The third kappa shape index (κ3) is 4.99. The van der Waals surface area contributed by atoms with Gasteiger partial charge in [0.25, 0.3) is 17.9 Å². The van der Waals surface area contributed by atoms with Crippen LogP contribution in [0.2, 0.25) is 0 Å². The van der Waals surface area contributed by atoms with Gasteiger partial charge in [-0.05, 0) is 18.2 Å². The first-order valence-electron chi connectivity index (χ1n) is 9.03. The van der Waals surface area contributed by atoms with E-state index in [0.717, 1.165) is 35.0 Å². The number of amides is 1. The highest BCUT2D eigenvalue weighted by Crippen LogP contribution is 2.30. The number of nitrogens with one attached hydrogen (secondary N) is 1. The van der Waals surface area contributed by atoms with Gasteiger partial charge in [0.1, 0.15) is 17.4 Å². The molecule has 0 bridgehead atoms. The molecule has 170 valence electrons. The average Bonchev–Trinajstić information content (AvgIpc) is 3.17. The molecule has 1 aromatic carbocycles. The molecule has 3 rings (SSSR count). The summed E-state index contributed by atoms with van der Waals surface area (Å²) < 4.78 is 65.7. The summed E-state index contributed by atoms with van der Waals surface area (Å²) in [5.74, 6) is -1.07. The van der Waals surface area contributed by atoms with Gasteiger partial charge in [-0.1, -0.05) is 12.1 Å². The monoisotopic (exact) mass is 457 g/mol. The smallest absolute Gasteiger partial charge is 0.385 e.